The van der Waals surface area contributed by atoms with Crippen LogP contribution in [0.15, 0.2) is 41.5 Å². The molecule has 152 valence electrons. The molecule has 2 aromatic rings. The van der Waals surface area contributed by atoms with E-state index >= 15 is 0 Å². The molecule has 0 atom stereocenters. The van der Waals surface area contributed by atoms with Gasteiger partial charge in [-0.3, -0.25) is 0 Å². The van der Waals surface area contributed by atoms with E-state index in [9.17, 15) is 0 Å². The number of benzene rings is 1. The molecule has 0 unspecified atom stereocenters. The number of nitrogens with one attached hydrogen (secondary N) is 1. The predicted molar refractivity (Wildman–Crippen MR) is 120 cm³/mol. The lowest BCUT2D eigenvalue weighted by Crippen LogP contribution is -2.34. The summed E-state index contributed by atoms with van der Waals surface area (Å²) in [5.74, 6) is 2.03. The van der Waals surface area contributed by atoms with Crippen molar-refractivity contribution in [2.75, 3.05) is 41.4 Å². The highest BCUT2D eigenvalue weighted by atomic mass is 15.4. The van der Waals surface area contributed by atoms with E-state index in [0.29, 0.717) is 5.95 Å². The maximum absolute atomic E-state index is 4.79. The minimum atomic E-state index is 0.505. The van der Waals surface area contributed by atoms with Gasteiger partial charge in [-0.2, -0.15) is 20.1 Å². The van der Waals surface area contributed by atoms with E-state index in [2.05, 4.69) is 42.4 Å². The first-order chi connectivity index (χ1) is 14.4. The fraction of sp³-hybridized carbons (Fsp3) is 0.455. The van der Waals surface area contributed by atoms with Gasteiger partial charge < -0.3 is 9.80 Å². The molecular formula is C22H29N7. The van der Waals surface area contributed by atoms with Gasteiger partial charge in [0.25, 0.3) is 0 Å². The topological polar surface area (TPSA) is 69.5 Å². The highest BCUT2D eigenvalue weighted by Gasteiger charge is 2.20. The van der Waals surface area contributed by atoms with Gasteiger partial charge in [0, 0.05) is 32.4 Å². The van der Waals surface area contributed by atoms with Crippen molar-refractivity contribution in [1.29, 1.82) is 0 Å². The summed E-state index contributed by atoms with van der Waals surface area (Å²) in [5, 5.41) is 4.28. The van der Waals surface area contributed by atoms with E-state index in [4.69, 9.17) is 4.98 Å². The Kier molecular flexibility index (Phi) is 6.68. The zero-order chi connectivity index (χ0) is 19.7. The van der Waals surface area contributed by atoms with E-state index in [0.717, 1.165) is 43.6 Å². The third-order valence-electron chi connectivity index (χ3n) is 5.30. The van der Waals surface area contributed by atoms with Gasteiger partial charge in [-0.25, -0.2) is 5.43 Å². The normalized spacial score (nSPS) is 17.9. The van der Waals surface area contributed by atoms with E-state index in [1.807, 2.05) is 30.4 Å². The van der Waals surface area contributed by atoms with Crippen molar-refractivity contribution in [3.8, 4) is 0 Å². The van der Waals surface area contributed by atoms with Crippen molar-refractivity contribution in [1.82, 2.24) is 15.0 Å². The summed E-state index contributed by atoms with van der Waals surface area (Å²) in [6, 6.07) is 10.2. The Morgan fingerprint density at radius 2 is 1.34 bits per heavy atom. The van der Waals surface area contributed by atoms with Crippen LogP contribution in [0.2, 0.25) is 0 Å². The van der Waals surface area contributed by atoms with Crippen molar-refractivity contribution >= 4 is 30.1 Å². The molecule has 7 heteroatoms. The second kappa shape index (κ2) is 10.0. The van der Waals surface area contributed by atoms with Crippen LogP contribution in [0.25, 0.3) is 6.08 Å². The molecule has 0 aliphatic carbocycles. The average Bonchev–Trinajstić information content (AvgIpc) is 2.80. The van der Waals surface area contributed by atoms with Crippen LogP contribution in [0, 0.1) is 0 Å². The van der Waals surface area contributed by atoms with Gasteiger partial charge in [0.1, 0.15) is 0 Å². The van der Waals surface area contributed by atoms with Gasteiger partial charge in [-0.05, 0) is 50.2 Å². The summed E-state index contributed by atoms with van der Waals surface area (Å²) < 4.78 is 0. The number of anilines is 3. The fourth-order valence-corrected chi connectivity index (χ4v) is 3.73. The average molecular weight is 392 g/mol. The van der Waals surface area contributed by atoms with E-state index in [1.165, 1.54) is 38.5 Å². The first kappa shape index (κ1) is 19.4. The number of nitrogens with zero attached hydrogens (tertiary/aromatic N) is 6. The first-order valence-corrected chi connectivity index (χ1v) is 10.7. The number of hydrogen-bond acceptors (Lipinski definition) is 7. The predicted octanol–water partition coefficient (Wildman–Crippen LogP) is 3.96. The number of hydrogen-bond donors (Lipinski definition) is 1. The zero-order valence-corrected chi connectivity index (χ0v) is 16.9. The molecular weight excluding hydrogens is 362 g/mol. The van der Waals surface area contributed by atoms with Gasteiger partial charge in [0.05, 0.1) is 0 Å². The Labute approximate surface area is 172 Å². The van der Waals surface area contributed by atoms with Crippen LogP contribution in [0.5, 0.6) is 0 Å². The molecule has 3 heterocycles. The molecule has 4 rings (SSSR count). The summed E-state index contributed by atoms with van der Waals surface area (Å²) in [5.41, 5.74) is 4.13. The Hall–Kier alpha value is -2.96. The van der Waals surface area contributed by atoms with Gasteiger partial charge >= 0.3 is 0 Å². The third-order valence-corrected chi connectivity index (χ3v) is 5.30. The summed E-state index contributed by atoms with van der Waals surface area (Å²) in [6.07, 6.45) is 13.0. The van der Waals surface area contributed by atoms with Crippen LogP contribution in [-0.4, -0.2) is 47.3 Å². The molecule has 0 bridgehead atoms. The summed E-state index contributed by atoms with van der Waals surface area (Å²) in [4.78, 5) is 18.6. The molecule has 0 saturated carbocycles. The van der Waals surface area contributed by atoms with Crippen molar-refractivity contribution < 1.29 is 0 Å². The van der Waals surface area contributed by atoms with Crippen LogP contribution in [0.4, 0.5) is 17.8 Å². The van der Waals surface area contributed by atoms with E-state index < -0.39 is 0 Å². The van der Waals surface area contributed by atoms with Crippen molar-refractivity contribution in [2.45, 2.75) is 38.5 Å². The summed E-state index contributed by atoms with van der Waals surface area (Å²) in [6.45, 7) is 4.02. The second-order valence-corrected chi connectivity index (χ2v) is 7.51. The van der Waals surface area contributed by atoms with Crippen molar-refractivity contribution in [3.63, 3.8) is 0 Å². The first-order valence-electron chi connectivity index (χ1n) is 10.7. The third kappa shape index (κ3) is 5.53. The van der Waals surface area contributed by atoms with Gasteiger partial charge in [-0.1, -0.05) is 36.4 Å². The number of rotatable bonds is 6. The van der Waals surface area contributed by atoms with Crippen LogP contribution >= 0.6 is 0 Å². The van der Waals surface area contributed by atoms with Gasteiger partial charge in [0.15, 0.2) is 0 Å². The Bertz CT molecular complexity index is 786. The lowest BCUT2D eigenvalue weighted by molar-refractivity contribution is 0.556. The molecule has 1 N–H and O–H groups in total. The number of aromatic nitrogens is 3. The second-order valence-electron chi connectivity index (χ2n) is 7.51. The van der Waals surface area contributed by atoms with Crippen molar-refractivity contribution in [3.05, 3.63) is 42.0 Å². The Morgan fingerprint density at radius 3 is 1.93 bits per heavy atom. The molecule has 29 heavy (non-hydrogen) atoms. The zero-order valence-electron chi connectivity index (χ0n) is 16.9. The fourth-order valence-electron chi connectivity index (χ4n) is 3.73. The van der Waals surface area contributed by atoms with E-state index in [1.54, 1.807) is 6.21 Å². The lowest BCUT2D eigenvalue weighted by atomic mass is 10.1. The Balaban J connectivity index is 1.48. The highest BCUT2D eigenvalue weighted by molar-refractivity contribution is 5.78. The molecule has 2 aliphatic heterocycles. The molecule has 2 aliphatic rings. The molecule has 1 aromatic heterocycles. The maximum atomic E-state index is 4.79. The van der Waals surface area contributed by atoms with Crippen LogP contribution in [0.3, 0.4) is 0 Å². The molecule has 0 amide bonds. The minimum Gasteiger partial charge on any atom is -0.341 e. The molecule has 1 aromatic carbocycles. The lowest BCUT2D eigenvalue weighted by Gasteiger charge is -2.30. The highest BCUT2D eigenvalue weighted by Crippen LogP contribution is 2.22. The number of allylic oxidation sites excluding steroid dienone is 1. The molecule has 2 saturated heterocycles. The quantitative estimate of drug-likeness (QED) is 0.594. The molecule has 2 fully saturated rings. The standard InChI is InChI=1S/C22H29N7/c1-4-11-19(12-5-1)13-10-14-23-27-20-24-21(28-15-6-2-7-16-28)26-22(25-20)29-17-8-3-9-18-29/h1,4-5,10-14H,2-3,6-9,15-18H2,(H,24,25,26,27)/b13-10+,23-14+. The largest absolute Gasteiger partial charge is 0.341 e. The number of piperidine rings is 2. The van der Waals surface area contributed by atoms with Crippen LogP contribution in [-0.2, 0) is 0 Å². The Morgan fingerprint density at radius 1 is 0.759 bits per heavy atom. The monoisotopic (exact) mass is 391 g/mol. The van der Waals surface area contributed by atoms with Crippen LogP contribution in [0.1, 0.15) is 44.1 Å². The van der Waals surface area contributed by atoms with Crippen molar-refractivity contribution in [2.24, 2.45) is 5.10 Å². The van der Waals surface area contributed by atoms with Gasteiger partial charge in [-0.15, -0.1) is 0 Å². The SMILES string of the molecule is C(=C\c1ccccc1)/C=N/Nc1nc(N2CCCCC2)nc(N2CCCCC2)n1. The van der Waals surface area contributed by atoms with Crippen LogP contribution < -0.4 is 15.2 Å². The molecule has 7 nitrogen and oxygen atoms in total. The molecule has 0 spiro atoms. The summed E-state index contributed by atoms with van der Waals surface area (Å²) >= 11 is 0. The summed E-state index contributed by atoms with van der Waals surface area (Å²) in [7, 11) is 0. The maximum Gasteiger partial charge on any atom is 0.250 e. The van der Waals surface area contributed by atoms with Gasteiger partial charge in [0.2, 0.25) is 17.8 Å². The minimum absolute atomic E-state index is 0.505. The smallest absolute Gasteiger partial charge is 0.250 e. The molecule has 0 radical (unpaired) electrons. The number of hydrazone groups is 1. The van der Waals surface area contributed by atoms with E-state index in [-0.39, 0.29) is 0 Å².